The smallest absolute Gasteiger partial charge is 0.353 e. The predicted molar refractivity (Wildman–Crippen MR) is 115 cm³/mol. The standard InChI is InChI=1S/C22H12Cl3NO3/c23-13-4-7-16(8-5-13)26-18-11-15(25)6-9-17(18)19(20(26)22(28)29)21(27)12-2-1-3-14(24)10-12/h1-11H,(H,28,29). The van der Waals surface area contributed by atoms with Gasteiger partial charge in [0.25, 0.3) is 0 Å². The van der Waals surface area contributed by atoms with Crippen LogP contribution in [0.5, 0.6) is 0 Å². The number of fused-ring (bicyclic) bond motifs is 1. The van der Waals surface area contributed by atoms with Crippen LogP contribution >= 0.6 is 34.8 Å². The number of ketones is 1. The maximum Gasteiger partial charge on any atom is 0.353 e. The lowest BCUT2D eigenvalue weighted by Crippen LogP contribution is -2.13. The summed E-state index contributed by atoms with van der Waals surface area (Å²) in [5, 5.41) is 11.8. The van der Waals surface area contributed by atoms with Crippen molar-refractivity contribution in [2.75, 3.05) is 0 Å². The van der Waals surface area contributed by atoms with E-state index in [1.54, 1.807) is 60.7 Å². The minimum Gasteiger partial charge on any atom is -0.477 e. The van der Waals surface area contributed by atoms with Gasteiger partial charge in [-0.1, -0.05) is 53.0 Å². The Morgan fingerprint density at radius 1 is 0.793 bits per heavy atom. The van der Waals surface area contributed by atoms with Crippen LogP contribution < -0.4 is 0 Å². The van der Waals surface area contributed by atoms with E-state index in [9.17, 15) is 14.7 Å². The number of aromatic nitrogens is 1. The summed E-state index contributed by atoms with van der Waals surface area (Å²) >= 11 is 18.2. The SMILES string of the molecule is O=C(c1cccc(Cl)c1)c1c(C(=O)O)n(-c2ccc(Cl)cc2)c2cc(Cl)ccc12. The van der Waals surface area contributed by atoms with Gasteiger partial charge in [-0.05, 0) is 48.5 Å². The lowest BCUT2D eigenvalue weighted by molar-refractivity contribution is 0.0684. The molecule has 7 heteroatoms. The van der Waals surface area contributed by atoms with Gasteiger partial charge in [0, 0.05) is 31.7 Å². The van der Waals surface area contributed by atoms with Gasteiger partial charge < -0.3 is 9.67 Å². The largest absolute Gasteiger partial charge is 0.477 e. The quantitative estimate of drug-likeness (QED) is 0.364. The summed E-state index contributed by atoms with van der Waals surface area (Å²) in [7, 11) is 0. The molecule has 0 unspecified atom stereocenters. The summed E-state index contributed by atoms with van der Waals surface area (Å²) in [6.45, 7) is 0. The molecule has 29 heavy (non-hydrogen) atoms. The highest BCUT2D eigenvalue weighted by Gasteiger charge is 2.28. The van der Waals surface area contributed by atoms with Gasteiger partial charge in [-0.3, -0.25) is 4.79 Å². The zero-order valence-corrected chi connectivity index (χ0v) is 17.0. The van der Waals surface area contributed by atoms with Crippen LogP contribution in [-0.4, -0.2) is 21.4 Å². The number of hydrogen-bond acceptors (Lipinski definition) is 2. The first-order chi connectivity index (χ1) is 13.9. The molecular weight excluding hydrogens is 433 g/mol. The first-order valence-corrected chi connectivity index (χ1v) is 9.63. The number of rotatable bonds is 4. The van der Waals surface area contributed by atoms with Gasteiger partial charge in [-0.25, -0.2) is 4.79 Å². The molecule has 0 saturated heterocycles. The number of halogens is 3. The van der Waals surface area contributed by atoms with Gasteiger partial charge in [0.2, 0.25) is 0 Å². The predicted octanol–water partition coefficient (Wildman–Crippen LogP) is 6.52. The average Bonchev–Trinajstić information content (AvgIpc) is 3.02. The zero-order valence-electron chi connectivity index (χ0n) is 14.7. The lowest BCUT2D eigenvalue weighted by Gasteiger charge is -2.09. The molecule has 1 heterocycles. The monoisotopic (exact) mass is 443 g/mol. The van der Waals surface area contributed by atoms with E-state index in [0.717, 1.165) is 0 Å². The highest BCUT2D eigenvalue weighted by atomic mass is 35.5. The molecule has 1 aromatic heterocycles. The second-order valence-electron chi connectivity index (χ2n) is 6.34. The molecule has 0 radical (unpaired) electrons. The van der Waals surface area contributed by atoms with E-state index in [1.165, 1.54) is 10.6 Å². The Hall–Kier alpha value is -2.79. The molecule has 4 nitrogen and oxygen atoms in total. The van der Waals surface area contributed by atoms with E-state index in [2.05, 4.69) is 0 Å². The maximum atomic E-state index is 13.3. The average molecular weight is 445 g/mol. The van der Waals surface area contributed by atoms with Gasteiger partial charge in [0.15, 0.2) is 5.78 Å². The lowest BCUT2D eigenvalue weighted by atomic mass is 10.00. The molecule has 3 aromatic carbocycles. The van der Waals surface area contributed by atoms with Crippen LogP contribution in [0, 0.1) is 0 Å². The van der Waals surface area contributed by atoms with Crippen LogP contribution in [0.25, 0.3) is 16.6 Å². The number of aromatic carboxylic acids is 1. The van der Waals surface area contributed by atoms with Gasteiger partial charge in [0.05, 0.1) is 11.1 Å². The Morgan fingerprint density at radius 3 is 2.10 bits per heavy atom. The Morgan fingerprint density at radius 2 is 1.45 bits per heavy atom. The fourth-order valence-corrected chi connectivity index (χ4v) is 3.81. The minimum absolute atomic E-state index is 0.0707. The summed E-state index contributed by atoms with van der Waals surface area (Å²) in [4.78, 5) is 25.6. The van der Waals surface area contributed by atoms with Gasteiger partial charge in [-0.15, -0.1) is 0 Å². The molecule has 0 amide bonds. The Kier molecular flexibility index (Phi) is 5.09. The molecule has 0 aliphatic heterocycles. The van der Waals surface area contributed by atoms with Crippen molar-refractivity contribution in [1.82, 2.24) is 4.57 Å². The van der Waals surface area contributed by atoms with Crippen molar-refractivity contribution in [3.8, 4) is 5.69 Å². The zero-order chi connectivity index (χ0) is 20.7. The number of nitrogens with zero attached hydrogens (tertiary/aromatic N) is 1. The number of carboxylic acid groups (broad SMARTS) is 1. The van der Waals surface area contributed by atoms with Crippen LogP contribution in [0.2, 0.25) is 15.1 Å². The minimum atomic E-state index is -1.24. The Bertz CT molecular complexity index is 1280. The maximum absolute atomic E-state index is 13.3. The molecule has 0 aliphatic rings. The Balaban J connectivity index is 2.09. The van der Waals surface area contributed by atoms with Gasteiger partial charge in [0.1, 0.15) is 5.69 Å². The molecule has 0 saturated carbocycles. The highest BCUT2D eigenvalue weighted by molar-refractivity contribution is 6.33. The third kappa shape index (κ3) is 3.51. The van der Waals surface area contributed by atoms with Crippen molar-refractivity contribution in [2.45, 2.75) is 0 Å². The summed E-state index contributed by atoms with van der Waals surface area (Å²) < 4.78 is 1.50. The van der Waals surface area contributed by atoms with E-state index < -0.39 is 11.8 Å². The van der Waals surface area contributed by atoms with Crippen LogP contribution in [0.3, 0.4) is 0 Å². The second kappa shape index (κ2) is 7.56. The first-order valence-electron chi connectivity index (χ1n) is 8.50. The highest BCUT2D eigenvalue weighted by Crippen LogP contribution is 2.34. The summed E-state index contributed by atoms with van der Waals surface area (Å²) in [6.07, 6.45) is 0. The van der Waals surface area contributed by atoms with Crippen molar-refractivity contribution in [1.29, 1.82) is 0 Å². The van der Waals surface area contributed by atoms with E-state index in [1.807, 2.05) is 0 Å². The van der Waals surface area contributed by atoms with Crippen LogP contribution in [0.1, 0.15) is 26.4 Å². The van der Waals surface area contributed by atoms with E-state index in [0.29, 0.717) is 37.2 Å². The number of carbonyl (C=O) groups excluding carboxylic acids is 1. The van der Waals surface area contributed by atoms with Crippen LogP contribution in [-0.2, 0) is 0 Å². The van der Waals surface area contributed by atoms with Gasteiger partial charge in [-0.2, -0.15) is 0 Å². The molecule has 0 fully saturated rings. The Labute approximate surface area is 180 Å². The molecule has 0 aliphatic carbocycles. The van der Waals surface area contributed by atoms with E-state index >= 15 is 0 Å². The van der Waals surface area contributed by atoms with Crippen molar-refractivity contribution in [3.63, 3.8) is 0 Å². The third-order valence-corrected chi connectivity index (χ3v) is 5.25. The molecule has 0 atom stereocenters. The van der Waals surface area contributed by atoms with Gasteiger partial charge >= 0.3 is 5.97 Å². The summed E-state index contributed by atoms with van der Waals surface area (Å²) in [6, 6.07) is 18.0. The molecule has 0 bridgehead atoms. The fraction of sp³-hybridized carbons (Fsp3) is 0. The molecule has 1 N–H and O–H groups in total. The fourth-order valence-electron chi connectivity index (χ4n) is 3.33. The third-order valence-electron chi connectivity index (χ3n) is 4.53. The van der Waals surface area contributed by atoms with E-state index in [-0.39, 0.29) is 11.3 Å². The molecule has 4 aromatic rings. The number of carbonyl (C=O) groups is 2. The van der Waals surface area contributed by atoms with Crippen molar-refractivity contribution >= 4 is 57.5 Å². The van der Waals surface area contributed by atoms with Crippen LogP contribution in [0.4, 0.5) is 0 Å². The molecular formula is C22H12Cl3NO3. The first kappa shape index (κ1) is 19.5. The summed E-state index contributed by atoms with van der Waals surface area (Å²) in [5.41, 5.74) is 1.26. The van der Waals surface area contributed by atoms with Crippen molar-refractivity contribution < 1.29 is 14.7 Å². The molecule has 0 spiro atoms. The topological polar surface area (TPSA) is 59.3 Å². The number of carboxylic acids is 1. The van der Waals surface area contributed by atoms with E-state index in [4.69, 9.17) is 34.8 Å². The van der Waals surface area contributed by atoms with Crippen molar-refractivity contribution in [3.05, 3.63) is 98.6 Å². The number of benzene rings is 3. The molecule has 4 rings (SSSR count). The summed E-state index contributed by atoms with van der Waals surface area (Å²) in [5.74, 6) is -1.68. The second-order valence-corrected chi connectivity index (χ2v) is 7.65. The molecule has 144 valence electrons. The van der Waals surface area contributed by atoms with Crippen molar-refractivity contribution in [2.24, 2.45) is 0 Å². The number of hydrogen-bond donors (Lipinski definition) is 1. The van der Waals surface area contributed by atoms with Crippen LogP contribution in [0.15, 0.2) is 66.7 Å². The normalized spacial score (nSPS) is 11.0.